The normalized spacial score (nSPS) is 31.4. The molecule has 130 valence electrons. The second-order valence-electron chi connectivity index (χ2n) is 4.18. The van der Waals surface area contributed by atoms with Crippen molar-refractivity contribution in [3.8, 4) is 0 Å². The lowest BCUT2D eigenvalue weighted by Gasteiger charge is -2.46. The number of hydrogen-bond acceptors (Lipinski definition) is 1. The third kappa shape index (κ3) is 2.06. The van der Waals surface area contributed by atoms with E-state index in [-0.39, 0.29) is 0 Å². The minimum Gasteiger partial charge on any atom is -0.288 e. The molecule has 0 saturated carbocycles. The number of nitrogens with two attached hydrogens (primary N) is 1. The molecule has 1 aliphatic rings. The molecule has 0 bridgehead atoms. The Morgan fingerprint density at radius 1 is 0.591 bits per heavy atom. The van der Waals surface area contributed by atoms with Crippen LogP contribution in [0.15, 0.2) is 11.1 Å². The van der Waals surface area contributed by atoms with E-state index in [1.54, 1.807) is 0 Å². The molecule has 0 saturated heterocycles. The Morgan fingerprint density at radius 2 is 0.864 bits per heavy atom. The van der Waals surface area contributed by atoms with Crippen LogP contribution in [0.4, 0.5) is 57.1 Å². The van der Waals surface area contributed by atoms with Crippen LogP contribution >= 0.6 is 0 Å². The molecule has 14 heteroatoms. The van der Waals surface area contributed by atoms with Crippen molar-refractivity contribution >= 4 is 0 Å². The lowest BCUT2D eigenvalue weighted by molar-refractivity contribution is -0.335. The number of hydrogen-bond donors (Lipinski definition) is 1. The first-order valence-electron chi connectivity index (χ1n) is 4.75. The first kappa shape index (κ1) is 18.8. The van der Waals surface area contributed by atoms with Crippen LogP contribution in [0.2, 0.25) is 0 Å². The Hall–Kier alpha value is -1.21. The number of allylic oxidation sites excluding steroid dienone is 1. The summed E-state index contributed by atoms with van der Waals surface area (Å²) in [5.74, 6) is -27.2. The Balaban J connectivity index is 4.09. The van der Waals surface area contributed by atoms with Crippen molar-refractivity contribution in [3.63, 3.8) is 0 Å². The Bertz CT molecular complexity index is 459. The van der Waals surface area contributed by atoms with Crippen LogP contribution in [0.3, 0.4) is 0 Å². The van der Waals surface area contributed by atoms with Crippen LogP contribution < -0.4 is 5.73 Å². The highest BCUT2D eigenvalue weighted by atomic mass is 19.4. The predicted octanol–water partition coefficient (Wildman–Crippen LogP) is 3.95. The molecular formula is C8H2F13N. The molecule has 1 atom stereocenters. The summed E-state index contributed by atoms with van der Waals surface area (Å²) >= 11 is 0. The van der Waals surface area contributed by atoms with E-state index >= 15 is 0 Å². The molecule has 2 N–H and O–H groups in total. The van der Waals surface area contributed by atoms with Crippen LogP contribution in [-0.4, -0.2) is 35.9 Å². The van der Waals surface area contributed by atoms with Gasteiger partial charge >= 0.3 is 30.1 Å². The van der Waals surface area contributed by atoms with E-state index in [1.807, 2.05) is 0 Å². The molecule has 0 aromatic carbocycles. The maximum absolute atomic E-state index is 13.2. The second kappa shape index (κ2) is 4.20. The zero-order valence-corrected chi connectivity index (χ0v) is 9.49. The van der Waals surface area contributed by atoms with Gasteiger partial charge in [0.05, 0.1) is 0 Å². The van der Waals surface area contributed by atoms with Crippen LogP contribution in [-0.2, 0) is 0 Å². The average molecular weight is 359 g/mol. The van der Waals surface area contributed by atoms with Gasteiger partial charge in [-0.05, 0) is 0 Å². The van der Waals surface area contributed by atoms with Crippen molar-refractivity contribution in [2.45, 2.75) is 35.9 Å². The topological polar surface area (TPSA) is 26.0 Å². The van der Waals surface area contributed by atoms with E-state index < -0.39 is 47.1 Å². The maximum Gasteiger partial charge on any atom is 0.419 e. The van der Waals surface area contributed by atoms with Gasteiger partial charge in [-0.25, -0.2) is 4.39 Å². The standard InChI is InChI=1S/C8H2F13N/c9-3(10)1(5(13,14)15)2(6(16,17)18)4(11,12)8(21,22)7(3,19)20/h22H2. The Kier molecular flexibility index (Phi) is 3.60. The molecule has 0 fully saturated rings. The smallest absolute Gasteiger partial charge is 0.288 e. The highest BCUT2D eigenvalue weighted by molar-refractivity contribution is 5.44. The lowest BCUT2D eigenvalue weighted by atomic mass is 9.77. The zero-order chi connectivity index (χ0) is 18.2. The van der Waals surface area contributed by atoms with Gasteiger partial charge in [-0.2, -0.15) is 52.7 Å². The van der Waals surface area contributed by atoms with Gasteiger partial charge in [-0.1, -0.05) is 0 Å². The summed E-state index contributed by atoms with van der Waals surface area (Å²) in [5, 5.41) is 0. The molecule has 0 heterocycles. The third-order valence-corrected chi connectivity index (χ3v) is 2.75. The summed E-state index contributed by atoms with van der Waals surface area (Å²) in [6.07, 6.45) is -13.9. The van der Waals surface area contributed by atoms with E-state index in [1.165, 1.54) is 0 Å². The van der Waals surface area contributed by atoms with Gasteiger partial charge in [-0.3, -0.25) is 5.73 Å². The molecule has 0 aromatic rings. The molecule has 0 spiro atoms. The molecule has 0 aliphatic heterocycles. The van der Waals surface area contributed by atoms with Gasteiger partial charge in [0.15, 0.2) is 0 Å². The summed E-state index contributed by atoms with van der Waals surface area (Å²) in [6, 6.07) is 0. The van der Waals surface area contributed by atoms with Crippen LogP contribution in [0, 0.1) is 0 Å². The number of rotatable bonds is 0. The van der Waals surface area contributed by atoms with Crippen LogP contribution in [0.5, 0.6) is 0 Å². The molecule has 0 amide bonds. The quantitative estimate of drug-likeness (QED) is 0.396. The van der Waals surface area contributed by atoms with E-state index in [4.69, 9.17) is 0 Å². The van der Waals surface area contributed by atoms with Gasteiger partial charge in [0.2, 0.25) is 0 Å². The number of alkyl halides is 13. The maximum atomic E-state index is 13.2. The van der Waals surface area contributed by atoms with E-state index in [9.17, 15) is 57.1 Å². The van der Waals surface area contributed by atoms with Gasteiger partial charge in [-0.15, -0.1) is 0 Å². The Morgan fingerprint density at radius 3 is 1.14 bits per heavy atom. The minimum absolute atomic E-state index is 3.55. The second-order valence-corrected chi connectivity index (χ2v) is 4.18. The first-order valence-corrected chi connectivity index (χ1v) is 4.75. The van der Waals surface area contributed by atoms with E-state index in [0.717, 1.165) is 0 Å². The zero-order valence-electron chi connectivity index (χ0n) is 9.49. The molecule has 0 radical (unpaired) electrons. The summed E-state index contributed by atoms with van der Waals surface area (Å²) in [7, 11) is 0. The monoisotopic (exact) mass is 359 g/mol. The third-order valence-electron chi connectivity index (χ3n) is 2.75. The molecule has 0 aromatic heterocycles. The first-order chi connectivity index (χ1) is 9.24. The van der Waals surface area contributed by atoms with Crippen LogP contribution in [0.25, 0.3) is 0 Å². The van der Waals surface area contributed by atoms with Gasteiger partial charge in [0.25, 0.3) is 5.79 Å². The van der Waals surface area contributed by atoms with Crippen molar-refractivity contribution in [2.75, 3.05) is 0 Å². The van der Waals surface area contributed by atoms with Gasteiger partial charge in [0, 0.05) is 0 Å². The van der Waals surface area contributed by atoms with E-state index in [0.29, 0.717) is 0 Å². The fourth-order valence-corrected chi connectivity index (χ4v) is 1.72. The summed E-state index contributed by atoms with van der Waals surface area (Å²) in [5.41, 5.74) is -5.55. The molecule has 1 unspecified atom stereocenters. The van der Waals surface area contributed by atoms with Crippen molar-refractivity contribution in [2.24, 2.45) is 5.73 Å². The largest absolute Gasteiger partial charge is 0.419 e. The highest BCUT2D eigenvalue weighted by Gasteiger charge is 2.88. The summed E-state index contributed by atoms with van der Waals surface area (Å²) in [4.78, 5) is 0. The fraction of sp³-hybridized carbons (Fsp3) is 0.750. The molecule has 1 rings (SSSR count). The predicted molar refractivity (Wildman–Crippen MR) is 42.0 cm³/mol. The SMILES string of the molecule is NC1(F)C(F)(F)C(C(F)(F)F)=C(C(F)(F)F)C(F)(F)C1(F)F. The molecular weight excluding hydrogens is 357 g/mol. The summed E-state index contributed by atoms with van der Waals surface area (Å²) < 4.78 is 165. The number of halogens is 13. The lowest BCUT2D eigenvalue weighted by Crippen LogP contribution is -2.75. The average Bonchev–Trinajstić information content (AvgIpc) is 2.19. The van der Waals surface area contributed by atoms with Crippen molar-refractivity contribution < 1.29 is 57.1 Å². The fourth-order valence-electron chi connectivity index (χ4n) is 1.72. The Labute approximate surface area is 111 Å². The van der Waals surface area contributed by atoms with Crippen molar-refractivity contribution in [1.29, 1.82) is 0 Å². The van der Waals surface area contributed by atoms with Crippen molar-refractivity contribution in [1.82, 2.24) is 0 Å². The highest BCUT2D eigenvalue weighted by Crippen LogP contribution is 2.64. The van der Waals surface area contributed by atoms with Gasteiger partial charge < -0.3 is 0 Å². The summed E-state index contributed by atoms with van der Waals surface area (Å²) in [6.45, 7) is 0. The van der Waals surface area contributed by atoms with Crippen LogP contribution in [0.1, 0.15) is 0 Å². The van der Waals surface area contributed by atoms with Gasteiger partial charge in [0.1, 0.15) is 11.1 Å². The minimum atomic E-state index is -6.98. The molecule has 1 nitrogen and oxygen atoms in total. The molecule has 22 heavy (non-hydrogen) atoms. The van der Waals surface area contributed by atoms with Crippen molar-refractivity contribution in [3.05, 3.63) is 11.1 Å². The molecule has 1 aliphatic carbocycles. The van der Waals surface area contributed by atoms with E-state index in [2.05, 4.69) is 5.73 Å².